The van der Waals surface area contributed by atoms with Gasteiger partial charge in [0.2, 0.25) is 0 Å². The summed E-state index contributed by atoms with van der Waals surface area (Å²) in [6, 6.07) is 11.7. The van der Waals surface area contributed by atoms with Gasteiger partial charge in [0.05, 0.1) is 0 Å². The number of phenols is 1. The van der Waals surface area contributed by atoms with Crippen LogP contribution in [0, 0.1) is 12.7 Å². The number of aromatic hydroxyl groups is 1. The van der Waals surface area contributed by atoms with Crippen LogP contribution in [0.5, 0.6) is 5.75 Å². The molecule has 0 bridgehead atoms. The summed E-state index contributed by atoms with van der Waals surface area (Å²) in [6.07, 6.45) is 0.566. The Hall–Kier alpha value is -1.87. The molecule has 2 rings (SSSR count). The molecule has 2 aromatic rings. The fourth-order valence-corrected chi connectivity index (χ4v) is 1.89. The summed E-state index contributed by atoms with van der Waals surface area (Å²) in [5.41, 5.74) is 8.36. The van der Waals surface area contributed by atoms with Gasteiger partial charge in [-0.3, -0.25) is 0 Å². The van der Waals surface area contributed by atoms with E-state index in [-0.39, 0.29) is 17.6 Å². The molecule has 3 heteroatoms. The summed E-state index contributed by atoms with van der Waals surface area (Å²) in [5.74, 6) is -0.0198. The van der Waals surface area contributed by atoms with Crippen molar-refractivity contribution >= 4 is 0 Å². The van der Waals surface area contributed by atoms with Gasteiger partial charge in [0.25, 0.3) is 0 Å². The summed E-state index contributed by atoms with van der Waals surface area (Å²) < 4.78 is 13.4. The van der Waals surface area contributed by atoms with Crippen LogP contribution in [0.4, 0.5) is 4.39 Å². The Kier molecular flexibility index (Phi) is 3.63. The summed E-state index contributed by atoms with van der Waals surface area (Å²) in [6.45, 7) is 1.72. The number of hydrogen-bond acceptors (Lipinski definition) is 2. The number of rotatable bonds is 3. The molecule has 1 unspecified atom stereocenters. The summed E-state index contributed by atoms with van der Waals surface area (Å²) >= 11 is 0. The highest BCUT2D eigenvalue weighted by molar-refractivity contribution is 5.31. The van der Waals surface area contributed by atoms with E-state index in [0.717, 1.165) is 11.1 Å². The zero-order chi connectivity index (χ0) is 13.1. The molecule has 0 fully saturated rings. The van der Waals surface area contributed by atoms with Crippen molar-refractivity contribution in [3.63, 3.8) is 0 Å². The van der Waals surface area contributed by atoms with Crippen molar-refractivity contribution in [1.29, 1.82) is 0 Å². The first-order valence-corrected chi connectivity index (χ1v) is 5.86. The third-order valence-corrected chi connectivity index (χ3v) is 2.99. The molecular weight excluding hydrogens is 229 g/mol. The van der Waals surface area contributed by atoms with Gasteiger partial charge in [-0.15, -0.1) is 0 Å². The summed E-state index contributed by atoms with van der Waals surface area (Å²) in [5, 5.41) is 9.38. The molecule has 0 aliphatic carbocycles. The lowest BCUT2D eigenvalue weighted by atomic mass is 9.98. The van der Waals surface area contributed by atoms with Crippen LogP contribution in [0.3, 0.4) is 0 Å². The highest BCUT2D eigenvalue weighted by atomic mass is 19.1. The molecule has 0 saturated heterocycles. The van der Waals surface area contributed by atoms with Crippen LogP contribution in [0.2, 0.25) is 0 Å². The van der Waals surface area contributed by atoms with E-state index in [1.165, 1.54) is 6.07 Å². The maximum absolute atomic E-state index is 13.4. The second-order valence-electron chi connectivity index (χ2n) is 4.49. The van der Waals surface area contributed by atoms with E-state index in [4.69, 9.17) is 5.73 Å². The van der Waals surface area contributed by atoms with Crippen LogP contribution in [-0.4, -0.2) is 5.11 Å². The van der Waals surface area contributed by atoms with Crippen molar-refractivity contribution in [2.24, 2.45) is 5.73 Å². The predicted octanol–water partition coefficient (Wildman–Crippen LogP) is 3.08. The summed E-state index contributed by atoms with van der Waals surface area (Å²) in [7, 11) is 0. The van der Waals surface area contributed by atoms with Gasteiger partial charge in [-0.1, -0.05) is 24.3 Å². The fraction of sp³-hybridized carbons (Fsp3) is 0.200. The first-order valence-electron chi connectivity index (χ1n) is 5.86. The third kappa shape index (κ3) is 2.87. The van der Waals surface area contributed by atoms with Gasteiger partial charge in [0.15, 0.2) is 0 Å². The van der Waals surface area contributed by atoms with E-state index in [1.807, 2.05) is 12.1 Å². The molecule has 0 aromatic heterocycles. The van der Waals surface area contributed by atoms with Gasteiger partial charge >= 0.3 is 0 Å². The van der Waals surface area contributed by atoms with Gasteiger partial charge in [-0.25, -0.2) is 4.39 Å². The van der Waals surface area contributed by atoms with Gasteiger partial charge in [0, 0.05) is 6.04 Å². The van der Waals surface area contributed by atoms with E-state index in [0.29, 0.717) is 12.0 Å². The van der Waals surface area contributed by atoms with Crippen LogP contribution >= 0.6 is 0 Å². The molecule has 0 spiro atoms. The maximum atomic E-state index is 13.4. The second-order valence-corrected chi connectivity index (χ2v) is 4.49. The summed E-state index contributed by atoms with van der Waals surface area (Å²) in [4.78, 5) is 0. The molecule has 18 heavy (non-hydrogen) atoms. The molecule has 2 nitrogen and oxygen atoms in total. The first-order chi connectivity index (χ1) is 8.56. The van der Waals surface area contributed by atoms with Crippen LogP contribution in [0.1, 0.15) is 22.7 Å². The van der Waals surface area contributed by atoms with Crippen molar-refractivity contribution in [2.75, 3.05) is 0 Å². The predicted molar refractivity (Wildman–Crippen MR) is 69.9 cm³/mol. The van der Waals surface area contributed by atoms with Gasteiger partial charge in [0.1, 0.15) is 11.6 Å². The lowest BCUT2D eigenvalue weighted by molar-refractivity contribution is 0.474. The zero-order valence-electron chi connectivity index (χ0n) is 10.2. The molecule has 3 N–H and O–H groups in total. The molecule has 94 valence electrons. The Bertz CT molecular complexity index is 554. The number of halogens is 1. The largest absolute Gasteiger partial charge is 0.508 e. The Morgan fingerprint density at radius 3 is 2.67 bits per heavy atom. The fourth-order valence-electron chi connectivity index (χ4n) is 1.89. The molecule has 0 radical (unpaired) electrons. The lowest BCUT2D eigenvalue weighted by Crippen LogP contribution is -2.13. The molecule has 0 aliphatic heterocycles. The van der Waals surface area contributed by atoms with Crippen molar-refractivity contribution in [1.82, 2.24) is 0 Å². The van der Waals surface area contributed by atoms with Crippen LogP contribution < -0.4 is 5.73 Å². The van der Waals surface area contributed by atoms with Gasteiger partial charge in [-0.2, -0.15) is 0 Å². The quantitative estimate of drug-likeness (QED) is 0.872. The lowest BCUT2D eigenvalue weighted by Gasteiger charge is -2.13. The molecule has 0 heterocycles. The van der Waals surface area contributed by atoms with Gasteiger partial charge < -0.3 is 10.8 Å². The number of aryl methyl sites for hydroxylation is 1. The van der Waals surface area contributed by atoms with Crippen molar-refractivity contribution in [3.05, 3.63) is 65.0 Å². The highest BCUT2D eigenvalue weighted by Gasteiger charge is 2.09. The first kappa shape index (κ1) is 12.6. The van der Waals surface area contributed by atoms with E-state index < -0.39 is 0 Å². The smallest absolute Gasteiger partial charge is 0.126 e. The third-order valence-electron chi connectivity index (χ3n) is 2.99. The molecular formula is C15H16FNO. The standard InChI is InChI=1S/C15H16FNO/c1-10-5-6-12(9-14(10)16)15(17)8-11-3-2-4-13(18)7-11/h2-7,9,15,18H,8,17H2,1H3. The molecule has 2 aromatic carbocycles. The minimum absolute atomic E-state index is 0.217. The molecule has 0 saturated carbocycles. The number of benzene rings is 2. The minimum Gasteiger partial charge on any atom is -0.508 e. The Morgan fingerprint density at radius 1 is 1.22 bits per heavy atom. The van der Waals surface area contributed by atoms with Gasteiger partial charge in [-0.05, 0) is 48.2 Å². The van der Waals surface area contributed by atoms with E-state index in [2.05, 4.69) is 0 Å². The van der Waals surface area contributed by atoms with Crippen LogP contribution in [-0.2, 0) is 6.42 Å². The zero-order valence-corrected chi connectivity index (χ0v) is 10.2. The number of nitrogens with two attached hydrogens (primary N) is 1. The van der Waals surface area contributed by atoms with E-state index >= 15 is 0 Å². The average Bonchev–Trinajstić information content (AvgIpc) is 2.32. The van der Waals surface area contributed by atoms with Crippen LogP contribution in [0.15, 0.2) is 42.5 Å². The van der Waals surface area contributed by atoms with Crippen molar-refractivity contribution in [2.45, 2.75) is 19.4 Å². The minimum atomic E-state index is -0.276. The normalized spacial score (nSPS) is 12.4. The second kappa shape index (κ2) is 5.19. The average molecular weight is 245 g/mol. The monoisotopic (exact) mass is 245 g/mol. The molecule has 0 amide bonds. The topological polar surface area (TPSA) is 46.2 Å². The number of phenolic OH excluding ortho intramolecular Hbond substituents is 1. The molecule has 0 aliphatic rings. The van der Waals surface area contributed by atoms with E-state index in [9.17, 15) is 9.50 Å². The number of hydrogen-bond donors (Lipinski definition) is 2. The molecule has 1 atom stereocenters. The Balaban J connectivity index is 2.16. The van der Waals surface area contributed by atoms with Crippen molar-refractivity contribution in [3.8, 4) is 5.75 Å². The van der Waals surface area contributed by atoms with Crippen molar-refractivity contribution < 1.29 is 9.50 Å². The Morgan fingerprint density at radius 2 is 2.00 bits per heavy atom. The van der Waals surface area contributed by atoms with Crippen LogP contribution in [0.25, 0.3) is 0 Å². The van der Waals surface area contributed by atoms with E-state index in [1.54, 1.807) is 31.2 Å². The Labute approximate surface area is 106 Å². The highest BCUT2D eigenvalue weighted by Crippen LogP contribution is 2.20. The maximum Gasteiger partial charge on any atom is 0.126 e. The SMILES string of the molecule is Cc1ccc(C(N)Cc2cccc(O)c2)cc1F.